The third-order valence-corrected chi connectivity index (χ3v) is 3.13. The lowest BCUT2D eigenvalue weighted by atomic mass is 10.2. The molecular weight excluding hydrogens is 276 g/mol. The molecule has 2 aromatic rings. The van der Waals surface area contributed by atoms with Crippen LogP contribution < -0.4 is 10.5 Å². The van der Waals surface area contributed by atoms with Gasteiger partial charge in [-0.1, -0.05) is 35.3 Å². The van der Waals surface area contributed by atoms with Crippen LogP contribution in [0.3, 0.4) is 0 Å². The number of hydrogen-bond acceptors (Lipinski definition) is 2. The largest absolute Gasteiger partial charge is 0.484 e. The van der Waals surface area contributed by atoms with Crippen molar-refractivity contribution in [1.29, 1.82) is 0 Å². The summed E-state index contributed by atoms with van der Waals surface area (Å²) in [5, 5.41) is 0.940. The SMILES string of the molecule is Nc1cccc(F)c1OCc1c(Cl)cccc1Cl. The third kappa shape index (κ3) is 2.68. The number of halogens is 3. The minimum atomic E-state index is -0.516. The smallest absolute Gasteiger partial charge is 0.178 e. The van der Waals surface area contributed by atoms with E-state index in [9.17, 15) is 4.39 Å². The van der Waals surface area contributed by atoms with Gasteiger partial charge in [0.05, 0.1) is 5.69 Å². The molecule has 0 amide bonds. The molecule has 18 heavy (non-hydrogen) atoms. The quantitative estimate of drug-likeness (QED) is 0.854. The number of ether oxygens (including phenoxy) is 1. The average Bonchev–Trinajstić information content (AvgIpc) is 2.31. The number of para-hydroxylation sites is 1. The molecule has 2 rings (SSSR count). The molecule has 94 valence electrons. The van der Waals surface area contributed by atoms with E-state index in [1.54, 1.807) is 24.3 Å². The number of nitrogen functional groups attached to an aromatic ring is 1. The zero-order valence-corrected chi connectivity index (χ0v) is 10.8. The molecule has 0 saturated heterocycles. The first-order valence-corrected chi connectivity index (χ1v) is 5.95. The van der Waals surface area contributed by atoms with Crippen LogP contribution in [0, 0.1) is 5.82 Å². The van der Waals surface area contributed by atoms with Gasteiger partial charge in [0.2, 0.25) is 0 Å². The van der Waals surface area contributed by atoms with Gasteiger partial charge in [-0.15, -0.1) is 0 Å². The van der Waals surface area contributed by atoms with Gasteiger partial charge in [-0.2, -0.15) is 0 Å². The molecule has 2 aromatic carbocycles. The van der Waals surface area contributed by atoms with Crippen molar-refractivity contribution in [2.45, 2.75) is 6.61 Å². The molecule has 0 radical (unpaired) electrons. The van der Waals surface area contributed by atoms with Crippen molar-refractivity contribution >= 4 is 28.9 Å². The van der Waals surface area contributed by atoms with Crippen molar-refractivity contribution in [3.8, 4) is 5.75 Å². The van der Waals surface area contributed by atoms with Crippen LogP contribution in [0.5, 0.6) is 5.75 Å². The minimum Gasteiger partial charge on any atom is -0.484 e. The molecule has 0 unspecified atom stereocenters. The molecule has 2 N–H and O–H groups in total. The van der Waals surface area contributed by atoms with E-state index < -0.39 is 5.82 Å². The van der Waals surface area contributed by atoms with Crippen LogP contribution in [-0.4, -0.2) is 0 Å². The number of hydrogen-bond donors (Lipinski definition) is 1. The van der Waals surface area contributed by atoms with Crippen molar-refractivity contribution in [2.75, 3.05) is 5.73 Å². The fraction of sp³-hybridized carbons (Fsp3) is 0.0769. The maximum absolute atomic E-state index is 13.5. The first-order chi connectivity index (χ1) is 8.59. The molecule has 0 aliphatic carbocycles. The zero-order valence-electron chi connectivity index (χ0n) is 9.29. The number of benzene rings is 2. The van der Waals surface area contributed by atoms with E-state index in [4.69, 9.17) is 33.7 Å². The Bertz CT molecular complexity index is 483. The molecule has 0 heterocycles. The van der Waals surface area contributed by atoms with Crippen LogP contribution in [0.25, 0.3) is 0 Å². The Kier molecular flexibility index (Phi) is 3.94. The Morgan fingerprint density at radius 3 is 2.28 bits per heavy atom. The summed E-state index contributed by atoms with van der Waals surface area (Å²) in [7, 11) is 0. The highest BCUT2D eigenvalue weighted by molar-refractivity contribution is 6.35. The second-order valence-electron chi connectivity index (χ2n) is 3.65. The van der Waals surface area contributed by atoms with E-state index in [2.05, 4.69) is 0 Å². The summed E-state index contributed by atoms with van der Waals surface area (Å²) < 4.78 is 18.8. The third-order valence-electron chi connectivity index (χ3n) is 2.42. The molecular formula is C13H10Cl2FNO. The first kappa shape index (κ1) is 13.0. The zero-order chi connectivity index (χ0) is 13.1. The highest BCUT2D eigenvalue weighted by atomic mass is 35.5. The second kappa shape index (κ2) is 5.46. The fourth-order valence-electron chi connectivity index (χ4n) is 1.49. The molecule has 5 heteroatoms. The summed E-state index contributed by atoms with van der Waals surface area (Å²) in [6.45, 7) is 0.0592. The monoisotopic (exact) mass is 285 g/mol. The summed E-state index contributed by atoms with van der Waals surface area (Å²) in [5.74, 6) is -0.508. The first-order valence-electron chi connectivity index (χ1n) is 5.19. The molecule has 0 bridgehead atoms. The predicted octanol–water partition coefficient (Wildman–Crippen LogP) is 4.29. The van der Waals surface area contributed by atoms with Crippen LogP contribution >= 0.6 is 23.2 Å². The second-order valence-corrected chi connectivity index (χ2v) is 4.46. The van der Waals surface area contributed by atoms with Gasteiger partial charge < -0.3 is 10.5 Å². The molecule has 0 spiro atoms. The molecule has 0 saturated carbocycles. The highest BCUT2D eigenvalue weighted by Crippen LogP contribution is 2.29. The van der Waals surface area contributed by atoms with E-state index in [0.29, 0.717) is 15.6 Å². The lowest BCUT2D eigenvalue weighted by Crippen LogP contribution is -2.02. The number of anilines is 1. The standard InChI is InChI=1S/C13H10Cl2FNO/c14-9-3-1-4-10(15)8(9)7-18-13-11(16)5-2-6-12(13)17/h1-6H,7,17H2. The van der Waals surface area contributed by atoms with Crippen molar-refractivity contribution in [3.63, 3.8) is 0 Å². The van der Waals surface area contributed by atoms with Gasteiger partial charge in [-0.25, -0.2) is 4.39 Å². The predicted molar refractivity (Wildman–Crippen MR) is 71.6 cm³/mol. The lowest BCUT2D eigenvalue weighted by Gasteiger charge is -2.11. The number of nitrogens with two attached hydrogens (primary N) is 1. The van der Waals surface area contributed by atoms with E-state index >= 15 is 0 Å². The normalized spacial score (nSPS) is 10.4. The van der Waals surface area contributed by atoms with Crippen LogP contribution in [0.4, 0.5) is 10.1 Å². The summed E-state index contributed by atoms with van der Waals surface area (Å²) in [4.78, 5) is 0. The van der Waals surface area contributed by atoms with Crippen molar-refractivity contribution in [1.82, 2.24) is 0 Å². The Morgan fingerprint density at radius 2 is 1.67 bits per heavy atom. The topological polar surface area (TPSA) is 35.2 Å². The van der Waals surface area contributed by atoms with Crippen molar-refractivity contribution < 1.29 is 9.13 Å². The van der Waals surface area contributed by atoms with Crippen molar-refractivity contribution in [3.05, 3.63) is 57.8 Å². The molecule has 0 atom stereocenters. The summed E-state index contributed by atoms with van der Waals surface area (Å²) in [5.41, 5.74) is 6.47. The summed E-state index contributed by atoms with van der Waals surface area (Å²) in [6.07, 6.45) is 0. The van der Waals surface area contributed by atoms with E-state index in [1.165, 1.54) is 12.1 Å². The Hall–Kier alpha value is -1.45. The van der Waals surface area contributed by atoms with Gasteiger partial charge >= 0.3 is 0 Å². The minimum absolute atomic E-state index is 0.00786. The molecule has 0 fully saturated rings. The van der Waals surface area contributed by atoms with Crippen LogP contribution in [0.2, 0.25) is 10.0 Å². The van der Waals surface area contributed by atoms with Gasteiger partial charge in [-0.3, -0.25) is 0 Å². The van der Waals surface area contributed by atoms with Crippen LogP contribution in [-0.2, 0) is 6.61 Å². The lowest BCUT2D eigenvalue weighted by molar-refractivity contribution is 0.292. The van der Waals surface area contributed by atoms with Gasteiger partial charge in [0.1, 0.15) is 6.61 Å². The van der Waals surface area contributed by atoms with E-state index in [1.807, 2.05) is 0 Å². The van der Waals surface area contributed by atoms with Crippen molar-refractivity contribution in [2.24, 2.45) is 0 Å². The average molecular weight is 286 g/mol. The number of rotatable bonds is 3. The maximum Gasteiger partial charge on any atom is 0.178 e. The highest BCUT2D eigenvalue weighted by Gasteiger charge is 2.10. The molecule has 0 aromatic heterocycles. The fourth-order valence-corrected chi connectivity index (χ4v) is 2.00. The molecule has 2 nitrogen and oxygen atoms in total. The Balaban J connectivity index is 2.22. The van der Waals surface area contributed by atoms with Gasteiger partial charge in [0, 0.05) is 15.6 Å². The molecule has 0 aliphatic heterocycles. The van der Waals surface area contributed by atoms with Crippen LogP contribution in [0.1, 0.15) is 5.56 Å². The molecule has 0 aliphatic rings. The van der Waals surface area contributed by atoms with Gasteiger partial charge in [0.25, 0.3) is 0 Å². The van der Waals surface area contributed by atoms with Gasteiger partial charge in [-0.05, 0) is 24.3 Å². The van der Waals surface area contributed by atoms with E-state index in [-0.39, 0.29) is 18.0 Å². The maximum atomic E-state index is 13.5. The Labute approximate surface area is 114 Å². The van der Waals surface area contributed by atoms with Crippen LogP contribution in [0.15, 0.2) is 36.4 Å². The van der Waals surface area contributed by atoms with Gasteiger partial charge in [0.15, 0.2) is 11.6 Å². The Morgan fingerprint density at radius 1 is 1.06 bits per heavy atom. The summed E-state index contributed by atoms with van der Waals surface area (Å²) in [6, 6.07) is 9.46. The van der Waals surface area contributed by atoms with E-state index in [0.717, 1.165) is 0 Å². The summed E-state index contributed by atoms with van der Waals surface area (Å²) >= 11 is 12.0.